The molecular formula is C16H24Cl2N2. The summed E-state index contributed by atoms with van der Waals surface area (Å²) < 4.78 is 0. The zero-order valence-corrected chi connectivity index (χ0v) is 13.8. The topological polar surface area (TPSA) is 29.3 Å². The molecule has 1 aromatic rings. The SMILES string of the molecule is CCC1(CC)CCN(C(CN)c2cccc(Cl)c2Cl)C1. The molecule has 2 nitrogen and oxygen atoms in total. The number of hydrogen-bond acceptors (Lipinski definition) is 2. The number of nitrogens with zero attached hydrogens (tertiary/aromatic N) is 1. The van der Waals surface area contributed by atoms with E-state index < -0.39 is 0 Å². The van der Waals surface area contributed by atoms with Gasteiger partial charge in [-0.3, -0.25) is 4.90 Å². The lowest BCUT2D eigenvalue weighted by atomic mass is 9.82. The first kappa shape index (κ1) is 16.1. The maximum Gasteiger partial charge on any atom is 0.0640 e. The highest BCUT2D eigenvalue weighted by atomic mass is 35.5. The lowest BCUT2D eigenvalue weighted by molar-refractivity contribution is 0.198. The average Bonchev–Trinajstić information content (AvgIpc) is 2.89. The second kappa shape index (κ2) is 6.65. The molecule has 0 radical (unpaired) electrons. The molecule has 112 valence electrons. The van der Waals surface area contributed by atoms with Crippen molar-refractivity contribution in [3.05, 3.63) is 33.8 Å². The van der Waals surface area contributed by atoms with Crippen molar-refractivity contribution in [3.63, 3.8) is 0 Å². The summed E-state index contributed by atoms with van der Waals surface area (Å²) >= 11 is 12.5. The van der Waals surface area contributed by atoms with E-state index in [4.69, 9.17) is 28.9 Å². The normalized spacial score (nSPS) is 20.2. The number of likely N-dealkylation sites (tertiary alicyclic amines) is 1. The molecule has 1 heterocycles. The van der Waals surface area contributed by atoms with Crippen molar-refractivity contribution < 1.29 is 0 Å². The zero-order chi connectivity index (χ0) is 14.8. The van der Waals surface area contributed by atoms with Crippen molar-refractivity contribution in [3.8, 4) is 0 Å². The summed E-state index contributed by atoms with van der Waals surface area (Å²) in [5.74, 6) is 0. The summed E-state index contributed by atoms with van der Waals surface area (Å²) in [6, 6.07) is 5.99. The van der Waals surface area contributed by atoms with E-state index in [-0.39, 0.29) is 6.04 Å². The molecule has 0 spiro atoms. The van der Waals surface area contributed by atoms with Crippen LogP contribution in [0.1, 0.15) is 44.7 Å². The lowest BCUT2D eigenvalue weighted by Gasteiger charge is -2.31. The highest BCUT2D eigenvalue weighted by molar-refractivity contribution is 6.42. The van der Waals surface area contributed by atoms with E-state index in [9.17, 15) is 0 Å². The molecule has 1 fully saturated rings. The Bertz CT molecular complexity index is 458. The maximum absolute atomic E-state index is 6.37. The summed E-state index contributed by atoms with van der Waals surface area (Å²) in [5, 5.41) is 1.26. The minimum Gasteiger partial charge on any atom is -0.329 e. The molecule has 20 heavy (non-hydrogen) atoms. The van der Waals surface area contributed by atoms with Gasteiger partial charge in [0.1, 0.15) is 0 Å². The third-order valence-corrected chi connectivity index (χ3v) is 5.81. The van der Waals surface area contributed by atoms with E-state index in [1.165, 1.54) is 19.3 Å². The zero-order valence-electron chi connectivity index (χ0n) is 12.3. The molecule has 0 aliphatic carbocycles. The number of halogens is 2. The standard InChI is InChI=1S/C16H24Cl2N2/c1-3-16(4-2)8-9-20(11-16)14(10-19)12-6-5-7-13(17)15(12)18/h5-7,14H,3-4,8-11,19H2,1-2H3. The molecule has 2 N–H and O–H groups in total. The van der Waals surface area contributed by atoms with Crippen molar-refractivity contribution in [1.29, 1.82) is 0 Å². The van der Waals surface area contributed by atoms with Crippen LogP contribution in [0.25, 0.3) is 0 Å². The fraction of sp³-hybridized carbons (Fsp3) is 0.625. The van der Waals surface area contributed by atoms with Crippen LogP contribution in [0.4, 0.5) is 0 Å². The molecule has 0 amide bonds. The van der Waals surface area contributed by atoms with Gasteiger partial charge >= 0.3 is 0 Å². The molecule has 1 unspecified atom stereocenters. The monoisotopic (exact) mass is 314 g/mol. The van der Waals surface area contributed by atoms with Crippen LogP contribution in [-0.4, -0.2) is 24.5 Å². The van der Waals surface area contributed by atoms with Gasteiger partial charge in [0.05, 0.1) is 10.0 Å². The number of nitrogens with two attached hydrogens (primary N) is 1. The minimum atomic E-state index is 0.168. The molecule has 1 saturated heterocycles. The number of benzene rings is 1. The molecule has 2 rings (SSSR count). The van der Waals surface area contributed by atoms with Crippen LogP contribution in [0.15, 0.2) is 18.2 Å². The summed E-state index contributed by atoms with van der Waals surface area (Å²) in [5.41, 5.74) is 7.53. The highest BCUT2D eigenvalue weighted by Gasteiger charge is 2.38. The second-order valence-electron chi connectivity index (χ2n) is 5.82. The van der Waals surface area contributed by atoms with Crippen molar-refractivity contribution in [2.24, 2.45) is 11.1 Å². The lowest BCUT2D eigenvalue weighted by Crippen LogP contribution is -2.34. The smallest absolute Gasteiger partial charge is 0.0640 e. The Balaban J connectivity index is 2.24. The quantitative estimate of drug-likeness (QED) is 0.866. The van der Waals surface area contributed by atoms with Gasteiger partial charge in [0.25, 0.3) is 0 Å². The Morgan fingerprint density at radius 1 is 1.30 bits per heavy atom. The Morgan fingerprint density at radius 2 is 2.00 bits per heavy atom. The van der Waals surface area contributed by atoms with Crippen molar-refractivity contribution in [1.82, 2.24) is 4.90 Å². The van der Waals surface area contributed by atoms with Crippen molar-refractivity contribution in [2.45, 2.75) is 39.2 Å². The van der Waals surface area contributed by atoms with Gasteiger partial charge < -0.3 is 5.73 Å². The summed E-state index contributed by atoms with van der Waals surface area (Å²) in [6.07, 6.45) is 3.69. The molecule has 4 heteroatoms. The Kier molecular flexibility index (Phi) is 5.36. The van der Waals surface area contributed by atoms with Crippen LogP contribution in [0.5, 0.6) is 0 Å². The fourth-order valence-electron chi connectivity index (χ4n) is 3.31. The van der Waals surface area contributed by atoms with Crippen LogP contribution in [0.2, 0.25) is 10.0 Å². The largest absolute Gasteiger partial charge is 0.329 e. The van der Waals surface area contributed by atoms with Crippen LogP contribution in [-0.2, 0) is 0 Å². The summed E-state index contributed by atoms with van der Waals surface area (Å²) in [4.78, 5) is 2.48. The maximum atomic E-state index is 6.37. The van der Waals surface area contributed by atoms with Gasteiger partial charge in [-0.15, -0.1) is 0 Å². The first-order chi connectivity index (χ1) is 9.56. The van der Waals surface area contributed by atoms with Crippen LogP contribution in [0, 0.1) is 5.41 Å². The van der Waals surface area contributed by atoms with E-state index in [2.05, 4.69) is 18.7 Å². The minimum absolute atomic E-state index is 0.168. The van der Waals surface area contributed by atoms with E-state index in [0.29, 0.717) is 22.0 Å². The fourth-order valence-corrected chi connectivity index (χ4v) is 3.75. The first-order valence-corrected chi connectivity index (χ1v) is 8.20. The van der Waals surface area contributed by atoms with Gasteiger partial charge in [-0.05, 0) is 42.9 Å². The van der Waals surface area contributed by atoms with Gasteiger partial charge in [-0.2, -0.15) is 0 Å². The van der Waals surface area contributed by atoms with E-state index in [0.717, 1.165) is 18.7 Å². The molecule has 0 saturated carbocycles. The Labute approximate surface area is 132 Å². The molecular weight excluding hydrogens is 291 g/mol. The number of hydrogen-bond donors (Lipinski definition) is 1. The van der Waals surface area contributed by atoms with Gasteiger partial charge in [-0.25, -0.2) is 0 Å². The van der Waals surface area contributed by atoms with Gasteiger partial charge in [0, 0.05) is 19.1 Å². The molecule has 0 bridgehead atoms. The molecule has 1 atom stereocenters. The van der Waals surface area contributed by atoms with Gasteiger partial charge in [-0.1, -0.05) is 49.2 Å². The predicted octanol–water partition coefficient (Wildman–Crippen LogP) is 4.51. The second-order valence-corrected chi connectivity index (χ2v) is 6.61. The molecule has 1 aromatic carbocycles. The predicted molar refractivity (Wildman–Crippen MR) is 87.5 cm³/mol. The van der Waals surface area contributed by atoms with E-state index in [1.54, 1.807) is 0 Å². The van der Waals surface area contributed by atoms with Gasteiger partial charge in [0.2, 0.25) is 0 Å². The molecule has 1 aliphatic heterocycles. The molecule has 1 aliphatic rings. The number of rotatable bonds is 5. The Morgan fingerprint density at radius 3 is 2.55 bits per heavy atom. The van der Waals surface area contributed by atoms with Crippen molar-refractivity contribution in [2.75, 3.05) is 19.6 Å². The average molecular weight is 315 g/mol. The van der Waals surface area contributed by atoms with Crippen LogP contribution < -0.4 is 5.73 Å². The third-order valence-electron chi connectivity index (χ3n) is 4.97. The van der Waals surface area contributed by atoms with Crippen LogP contribution >= 0.6 is 23.2 Å². The summed E-state index contributed by atoms with van der Waals surface area (Å²) in [7, 11) is 0. The highest BCUT2D eigenvalue weighted by Crippen LogP contribution is 2.41. The van der Waals surface area contributed by atoms with E-state index >= 15 is 0 Å². The Hall–Kier alpha value is -0.280. The third kappa shape index (κ3) is 2.99. The first-order valence-electron chi connectivity index (χ1n) is 7.45. The van der Waals surface area contributed by atoms with Crippen molar-refractivity contribution >= 4 is 23.2 Å². The van der Waals surface area contributed by atoms with Gasteiger partial charge in [0.15, 0.2) is 0 Å². The molecule has 0 aromatic heterocycles. The van der Waals surface area contributed by atoms with E-state index in [1.807, 2.05) is 18.2 Å². The van der Waals surface area contributed by atoms with Crippen LogP contribution in [0.3, 0.4) is 0 Å². The summed E-state index contributed by atoms with van der Waals surface area (Å²) in [6.45, 7) is 7.34.